The molecule has 0 radical (unpaired) electrons. The van der Waals surface area contributed by atoms with Gasteiger partial charge in [-0.15, -0.1) is 0 Å². The molecule has 0 aliphatic heterocycles. The van der Waals surface area contributed by atoms with Crippen molar-refractivity contribution in [2.75, 3.05) is 26.4 Å². The molecule has 25 heavy (non-hydrogen) atoms. The van der Waals surface area contributed by atoms with Crippen LogP contribution in [-0.2, 0) is 38.8 Å². The average Bonchev–Trinajstić information content (AvgIpc) is 2.63. The van der Waals surface area contributed by atoms with Gasteiger partial charge in [-0.1, -0.05) is 43.5 Å². The molecule has 0 aromatic heterocycles. The van der Waals surface area contributed by atoms with E-state index < -0.39 is 19.5 Å². The normalized spacial score (nSPS) is 10.7. The topological polar surface area (TPSA) is 88.1 Å². The fraction of sp³-hybridized carbons (Fsp3) is 0.294. The molecule has 8 heteroatoms. The van der Waals surface area contributed by atoms with Crippen molar-refractivity contribution < 1.29 is 32.7 Å². The molecule has 1 aromatic rings. The Morgan fingerprint density at radius 2 is 1.36 bits per heavy atom. The van der Waals surface area contributed by atoms with Gasteiger partial charge in [0.15, 0.2) is 0 Å². The zero-order chi connectivity index (χ0) is 18.5. The largest absolute Gasteiger partial charge is 0.460 e. The van der Waals surface area contributed by atoms with Gasteiger partial charge in [0.1, 0.15) is 13.2 Å². The van der Waals surface area contributed by atoms with Gasteiger partial charge >= 0.3 is 19.5 Å². The molecule has 0 aliphatic rings. The lowest BCUT2D eigenvalue weighted by molar-refractivity contribution is -0.139. The lowest BCUT2D eigenvalue weighted by Crippen LogP contribution is -2.12. The van der Waals surface area contributed by atoms with E-state index in [4.69, 9.17) is 18.5 Å². The van der Waals surface area contributed by atoms with Gasteiger partial charge < -0.3 is 18.5 Å². The van der Waals surface area contributed by atoms with Gasteiger partial charge in [0, 0.05) is 12.2 Å². The molecule has 0 heterocycles. The van der Waals surface area contributed by atoms with Gasteiger partial charge in [-0.3, -0.25) is 4.57 Å². The number of ether oxygens (including phenoxy) is 2. The Hall–Kier alpha value is -2.21. The van der Waals surface area contributed by atoms with Gasteiger partial charge in [-0.2, -0.15) is 0 Å². The van der Waals surface area contributed by atoms with Crippen molar-refractivity contribution in [1.82, 2.24) is 0 Å². The fourth-order valence-electron chi connectivity index (χ4n) is 1.69. The summed E-state index contributed by atoms with van der Waals surface area (Å²) in [5, 5.41) is 0. The molecule has 0 spiro atoms. The van der Waals surface area contributed by atoms with Gasteiger partial charge in [0.25, 0.3) is 0 Å². The SMILES string of the molecule is C=CC(=O)OCCOP(=O)(Cc1ccccc1)OCCOC(=O)C=C. The Morgan fingerprint density at radius 3 is 1.80 bits per heavy atom. The third-order valence-electron chi connectivity index (χ3n) is 2.78. The minimum absolute atomic E-state index is 0.0403. The first kappa shape index (κ1) is 20.8. The zero-order valence-corrected chi connectivity index (χ0v) is 14.7. The number of esters is 2. The smallest absolute Gasteiger partial charge is 0.335 e. The number of hydrogen-bond donors (Lipinski definition) is 0. The number of carbonyl (C=O) groups is 2. The first-order valence-corrected chi connectivity index (χ1v) is 9.22. The van der Waals surface area contributed by atoms with Gasteiger partial charge in [0.05, 0.1) is 19.4 Å². The summed E-state index contributed by atoms with van der Waals surface area (Å²) in [6, 6.07) is 9.01. The maximum Gasteiger partial charge on any atom is 0.335 e. The van der Waals surface area contributed by atoms with Crippen LogP contribution in [-0.4, -0.2) is 38.4 Å². The highest BCUT2D eigenvalue weighted by molar-refractivity contribution is 7.53. The fourth-order valence-corrected chi connectivity index (χ4v) is 3.31. The number of rotatable bonds is 12. The predicted octanol–water partition coefficient (Wildman–Crippen LogP) is 2.87. The van der Waals surface area contributed by atoms with Crippen molar-refractivity contribution in [3.63, 3.8) is 0 Å². The summed E-state index contributed by atoms with van der Waals surface area (Å²) in [4.78, 5) is 22.0. The van der Waals surface area contributed by atoms with Crippen LogP contribution in [0.1, 0.15) is 5.56 Å². The van der Waals surface area contributed by atoms with Crippen LogP contribution >= 0.6 is 7.60 Å². The van der Waals surface area contributed by atoms with Crippen LogP contribution < -0.4 is 0 Å². The Morgan fingerprint density at radius 1 is 0.880 bits per heavy atom. The highest BCUT2D eigenvalue weighted by Crippen LogP contribution is 2.51. The Labute approximate surface area is 146 Å². The lowest BCUT2D eigenvalue weighted by atomic mass is 10.2. The van der Waals surface area contributed by atoms with Crippen molar-refractivity contribution in [2.45, 2.75) is 6.16 Å². The minimum Gasteiger partial charge on any atom is -0.460 e. The first-order valence-electron chi connectivity index (χ1n) is 7.49. The van der Waals surface area contributed by atoms with Crippen molar-refractivity contribution in [3.8, 4) is 0 Å². The molecule has 0 aliphatic carbocycles. The van der Waals surface area contributed by atoms with Crippen LogP contribution in [0.4, 0.5) is 0 Å². The Bertz CT molecular complexity index is 595. The minimum atomic E-state index is -3.51. The first-order chi connectivity index (χ1) is 12.0. The number of hydrogen-bond acceptors (Lipinski definition) is 7. The van der Waals surface area contributed by atoms with E-state index >= 15 is 0 Å². The molecule has 7 nitrogen and oxygen atoms in total. The molecule has 136 valence electrons. The Kier molecular flexibility index (Phi) is 9.47. The van der Waals surface area contributed by atoms with E-state index in [1.165, 1.54) is 0 Å². The molecule has 0 unspecified atom stereocenters. The van der Waals surface area contributed by atoms with Crippen molar-refractivity contribution in [1.29, 1.82) is 0 Å². The second-order valence-electron chi connectivity index (χ2n) is 4.66. The van der Waals surface area contributed by atoms with Crippen molar-refractivity contribution >= 4 is 19.5 Å². The summed E-state index contributed by atoms with van der Waals surface area (Å²) in [7, 11) is -3.51. The molecule has 0 amide bonds. The summed E-state index contributed by atoms with van der Waals surface area (Å²) in [5.41, 5.74) is 0.761. The molecule has 1 rings (SSSR count). The molecule has 0 atom stereocenters. The lowest BCUT2D eigenvalue weighted by Gasteiger charge is -2.18. The van der Waals surface area contributed by atoms with Crippen LogP contribution in [0.3, 0.4) is 0 Å². The van der Waals surface area contributed by atoms with Gasteiger partial charge in [-0.25, -0.2) is 9.59 Å². The Balaban J connectivity index is 2.57. The van der Waals surface area contributed by atoms with Crippen LogP contribution in [0.5, 0.6) is 0 Å². The summed E-state index contributed by atoms with van der Waals surface area (Å²) in [6.07, 6.45) is 2.08. The molecule has 0 N–H and O–H groups in total. The molecule has 0 fully saturated rings. The molecule has 0 saturated carbocycles. The van der Waals surface area contributed by atoms with E-state index in [0.717, 1.165) is 17.7 Å². The van der Waals surface area contributed by atoms with Crippen LogP contribution in [0.25, 0.3) is 0 Å². The third kappa shape index (κ3) is 9.00. The van der Waals surface area contributed by atoms with Crippen molar-refractivity contribution in [3.05, 3.63) is 61.2 Å². The summed E-state index contributed by atoms with van der Waals surface area (Å²) < 4.78 is 33.0. The zero-order valence-electron chi connectivity index (χ0n) is 13.8. The monoisotopic (exact) mass is 368 g/mol. The maximum atomic E-state index is 12.8. The quantitative estimate of drug-likeness (QED) is 0.243. The van der Waals surface area contributed by atoms with E-state index in [1.54, 1.807) is 24.3 Å². The van der Waals surface area contributed by atoms with Crippen LogP contribution in [0.2, 0.25) is 0 Å². The molecular weight excluding hydrogens is 347 g/mol. The van der Waals surface area contributed by atoms with E-state index in [0.29, 0.717) is 0 Å². The highest BCUT2D eigenvalue weighted by Gasteiger charge is 2.25. The van der Waals surface area contributed by atoms with E-state index in [2.05, 4.69) is 13.2 Å². The van der Waals surface area contributed by atoms with Crippen LogP contribution in [0, 0.1) is 0 Å². The van der Waals surface area contributed by atoms with Crippen LogP contribution in [0.15, 0.2) is 55.6 Å². The second kappa shape index (κ2) is 11.4. The van der Waals surface area contributed by atoms with E-state index in [-0.39, 0.29) is 32.6 Å². The second-order valence-corrected chi connectivity index (χ2v) is 6.72. The predicted molar refractivity (Wildman–Crippen MR) is 92.0 cm³/mol. The summed E-state index contributed by atoms with van der Waals surface area (Å²) in [5.74, 6) is -1.20. The van der Waals surface area contributed by atoms with Gasteiger partial charge in [-0.05, 0) is 5.56 Å². The maximum absolute atomic E-state index is 12.8. The highest BCUT2D eigenvalue weighted by atomic mass is 31.2. The molecular formula is C17H21O7P. The summed E-state index contributed by atoms with van der Waals surface area (Å²) in [6.45, 7) is 6.17. The number of carbonyl (C=O) groups excluding carboxylic acids is 2. The molecule has 0 saturated heterocycles. The van der Waals surface area contributed by atoms with E-state index in [1.807, 2.05) is 6.07 Å². The third-order valence-corrected chi connectivity index (χ3v) is 4.69. The standard InChI is InChI=1S/C17H21O7P/c1-3-16(18)21-10-12-23-25(20,14-15-8-6-5-7-9-15)24-13-11-22-17(19)4-2/h3-9H,1-2,10-14H2. The van der Waals surface area contributed by atoms with E-state index in [9.17, 15) is 14.2 Å². The molecule has 1 aromatic carbocycles. The van der Waals surface area contributed by atoms with Gasteiger partial charge in [0.2, 0.25) is 0 Å². The average molecular weight is 368 g/mol. The molecule has 0 bridgehead atoms. The number of benzene rings is 1. The van der Waals surface area contributed by atoms with Crippen molar-refractivity contribution in [2.24, 2.45) is 0 Å². The summed E-state index contributed by atoms with van der Waals surface area (Å²) >= 11 is 0.